The maximum Gasteiger partial charge on any atom is 0.411 e. The Kier molecular flexibility index (Phi) is 32.7. The predicted molar refractivity (Wildman–Crippen MR) is 493 cm³/mol. The number of halogens is 19. The number of alkyl halides is 13. The molecule has 3 aromatic heterocycles. The van der Waals surface area contributed by atoms with Crippen molar-refractivity contribution in [3.8, 4) is 50.9 Å². The molecule has 145 heavy (non-hydrogen) atoms. The minimum absolute atomic E-state index is 0.0292. The van der Waals surface area contributed by atoms with Crippen LogP contribution in [-0.4, -0.2) is 200 Å². The van der Waals surface area contributed by atoms with Crippen molar-refractivity contribution in [2.45, 2.75) is 192 Å². The number of anilines is 3. The van der Waals surface area contributed by atoms with Crippen LogP contribution in [0.15, 0.2) is 93.2 Å². The third-order valence-corrected chi connectivity index (χ3v) is 27.1. The Morgan fingerprint density at radius 2 is 0.759 bits per heavy atom. The number of esters is 3. The van der Waals surface area contributed by atoms with E-state index in [1.54, 1.807) is 98.2 Å². The average Bonchev–Trinajstić information content (AvgIpc) is 0.596. The van der Waals surface area contributed by atoms with E-state index in [1.165, 1.54) is 26.7 Å². The monoisotopic (exact) mass is 2080 g/mol. The minimum atomic E-state index is -5.13. The number of carbonyl (C=O) groups excluding carboxylic acids is 6. The van der Waals surface area contributed by atoms with E-state index in [0.717, 1.165) is 37.9 Å². The Morgan fingerprint density at radius 1 is 0.434 bits per heavy atom. The smallest absolute Gasteiger partial charge is 0.411 e. The van der Waals surface area contributed by atoms with E-state index < -0.39 is 205 Å². The molecule has 3 saturated heterocycles. The summed E-state index contributed by atoms with van der Waals surface area (Å²) in [7, 11) is 8.10. The molecule has 6 aliphatic rings. The van der Waals surface area contributed by atoms with Gasteiger partial charge in [-0.2, -0.15) is 39.5 Å². The maximum atomic E-state index is 15.5. The molecule has 6 aliphatic heterocycles. The van der Waals surface area contributed by atoms with Gasteiger partial charge in [0.2, 0.25) is 0 Å². The molecule has 6 aromatic carbocycles. The number of pyridine rings is 1. The van der Waals surface area contributed by atoms with Crippen LogP contribution in [0.1, 0.15) is 143 Å². The number of aryl methyl sites for hydroxylation is 3. The van der Waals surface area contributed by atoms with Gasteiger partial charge in [0.25, 0.3) is 46.2 Å². The van der Waals surface area contributed by atoms with Crippen molar-refractivity contribution in [3.05, 3.63) is 228 Å². The first-order valence-corrected chi connectivity index (χ1v) is 46.0. The summed E-state index contributed by atoms with van der Waals surface area (Å²) in [5.74, 6) is -19.8. The second kappa shape index (κ2) is 43.5. The van der Waals surface area contributed by atoms with Gasteiger partial charge >= 0.3 is 36.4 Å². The van der Waals surface area contributed by atoms with Crippen LogP contribution in [0.5, 0.6) is 17.2 Å². The summed E-state index contributed by atoms with van der Waals surface area (Å²) >= 11 is 6.40. The van der Waals surface area contributed by atoms with E-state index in [1.807, 2.05) is 0 Å². The largest absolute Gasteiger partial charge is 0.493 e. The number of hydrogen-bond acceptors (Lipinski definition) is 21. The zero-order chi connectivity index (χ0) is 106. The highest BCUT2D eigenvalue weighted by atomic mass is 35.5. The van der Waals surface area contributed by atoms with Crippen LogP contribution in [0.25, 0.3) is 33.6 Å². The lowest BCUT2D eigenvalue weighted by Gasteiger charge is -2.41. The molecule has 3 amide bonds. The molecule has 0 aliphatic carbocycles. The van der Waals surface area contributed by atoms with Crippen LogP contribution in [0.4, 0.5) is 96.1 Å². The van der Waals surface area contributed by atoms with Crippen molar-refractivity contribution in [2.75, 3.05) is 88.7 Å². The molecule has 780 valence electrons. The van der Waals surface area contributed by atoms with Crippen LogP contribution in [0.2, 0.25) is 5.02 Å². The molecule has 0 spiro atoms. The number of benzene rings is 6. The number of ether oxygens (including phenoxy) is 7. The quantitative estimate of drug-likeness (QED) is 0.0342. The van der Waals surface area contributed by atoms with Crippen LogP contribution in [0.3, 0.4) is 0 Å². The number of amides is 3. The first kappa shape index (κ1) is 109. The third-order valence-electron chi connectivity index (χ3n) is 26.7. The minimum Gasteiger partial charge on any atom is -0.493 e. The summed E-state index contributed by atoms with van der Waals surface area (Å²) < 4.78 is 297. The lowest BCUT2D eigenvalue weighted by Crippen LogP contribution is -2.54. The van der Waals surface area contributed by atoms with Crippen LogP contribution in [0, 0.1) is 70.6 Å². The standard InChI is InChI=1S/C33H34ClF4N3O6.2C33H33F7N4O5/c1-17-12-20(41-9-11-46-16-27(41)33(36,37)38)14-25(35)28(17)30(42)39-26(32(44)45-4)13-19-7-8-22(29-21(19)6-5-10-47-29)23-15-24(34)18(2)40(3)31(23)43;2*1-16-17(2)43(3)30(46)27(41-16)21-8-7-18(20-6-5-11-49-28(20)21)12-24(31(47)48-4)42-29(45)26-22(34)13-19(14-23(26)35)44-10-9-32(36,37)15-25(44)33(38,39)40/h7-8,12,14-15,26-27H,5-6,9-11,13,16H2,1-4H3,(H,39,42);2*7-8,13-14,24-25H,5-6,9-12,15H2,1-4H3,(H,42,45)/t26-,27+;24-,25+;24-,25-/m000/s1. The maximum absolute atomic E-state index is 15.5. The molecule has 3 fully saturated rings. The Hall–Kier alpha value is -13.4. The molecule has 0 radical (unpaired) electrons. The Morgan fingerprint density at radius 3 is 1.11 bits per heavy atom. The first-order valence-electron chi connectivity index (χ1n) is 45.6. The lowest BCUT2D eigenvalue weighted by atomic mass is 9.90. The van der Waals surface area contributed by atoms with Crippen molar-refractivity contribution in [1.29, 1.82) is 0 Å². The molecule has 6 atom stereocenters. The molecule has 3 N–H and O–H groups in total. The molecule has 15 rings (SSSR count). The Balaban J connectivity index is 0.000000182. The number of nitrogens with zero attached hydrogens (tertiary/aromatic N) is 8. The molecule has 27 nitrogen and oxygen atoms in total. The van der Waals surface area contributed by atoms with E-state index in [9.17, 15) is 100 Å². The fourth-order valence-corrected chi connectivity index (χ4v) is 18.7. The highest BCUT2D eigenvalue weighted by molar-refractivity contribution is 6.31. The molecular formula is C99H100ClF18N11O16. The summed E-state index contributed by atoms with van der Waals surface area (Å²) in [6.45, 7) is 8.90. The lowest BCUT2D eigenvalue weighted by molar-refractivity contribution is -0.175. The summed E-state index contributed by atoms with van der Waals surface area (Å²) in [6, 6.07) is 3.88. The average molecular weight is 2080 g/mol. The van der Waals surface area contributed by atoms with E-state index >= 15 is 22.0 Å². The topological polar surface area (TPSA) is 305 Å². The first-order chi connectivity index (χ1) is 68.1. The normalized spacial score (nSPS) is 17.6. The van der Waals surface area contributed by atoms with Gasteiger partial charge in [0, 0.05) is 137 Å². The van der Waals surface area contributed by atoms with Gasteiger partial charge in [0.05, 0.1) is 81.9 Å². The molecule has 0 unspecified atom stereocenters. The van der Waals surface area contributed by atoms with Gasteiger partial charge in [-0.3, -0.25) is 28.8 Å². The SMILES string of the molecule is COC(=O)[C@H](Cc1ccc(-c2cc(Cl)c(C)n(C)c2=O)c2c1CCCO2)NC(=O)c1c(C)cc(N2CCOC[C@@H]2C(F)(F)F)cc1F.COC(=O)[C@H](Cc1ccc(-c2nc(C)c(C)n(C)c2=O)c2c1CCCO2)NC(=O)c1c(F)cc(N2CCC(F)(F)C[C@@H]2C(F)(F)F)cc1F.COC(=O)[C@H](Cc1ccc(-c2nc(C)c(C)n(C)c2=O)c2c1CCCO2)NC(=O)c1c(F)cc(N2CCC(F)(F)C[C@H]2C(F)(F)F)cc1F. The van der Waals surface area contributed by atoms with Gasteiger partial charge in [-0.15, -0.1) is 0 Å². The highest BCUT2D eigenvalue weighted by Gasteiger charge is 2.55. The molecular weight excluding hydrogens is 1980 g/mol. The van der Waals surface area contributed by atoms with Crippen LogP contribution < -0.4 is 61.5 Å². The molecule has 9 heterocycles. The fraction of sp³-hybridized carbons (Fsp3) is 0.444. The predicted octanol–water partition coefficient (Wildman–Crippen LogP) is 15.8. The van der Waals surface area contributed by atoms with E-state index in [2.05, 4.69) is 25.9 Å². The Bertz CT molecular complexity index is 6410. The molecule has 0 bridgehead atoms. The van der Waals surface area contributed by atoms with Gasteiger partial charge in [0.1, 0.15) is 105 Å². The number of nitrogens with one attached hydrogen (secondary N) is 3. The van der Waals surface area contributed by atoms with Crippen molar-refractivity contribution in [1.82, 2.24) is 39.6 Å². The van der Waals surface area contributed by atoms with Gasteiger partial charge in [-0.05, 0) is 174 Å². The second-order valence-corrected chi connectivity index (χ2v) is 36.2. The van der Waals surface area contributed by atoms with Gasteiger partial charge in [-0.25, -0.2) is 63.9 Å². The van der Waals surface area contributed by atoms with Crippen LogP contribution in [-0.2, 0) is 93.0 Å². The number of rotatable bonds is 21. The highest BCUT2D eigenvalue weighted by Crippen LogP contribution is 2.48. The van der Waals surface area contributed by atoms with Crippen LogP contribution >= 0.6 is 11.6 Å². The zero-order valence-corrected chi connectivity index (χ0v) is 80.9. The number of methoxy groups -OCH3 is 3. The number of hydrogen-bond donors (Lipinski definition) is 3. The summed E-state index contributed by atoms with van der Waals surface area (Å²) in [5.41, 5.74) is 3.86. The molecule has 46 heteroatoms. The van der Waals surface area contributed by atoms with E-state index in [-0.39, 0.29) is 71.7 Å². The van der Waals surface area contributed by atoms with Crippen molar-refractivity contribution in [3.63, 3.8) is 0 Å². The van der Waals surface area contributed by atoms with Gasteiger partial charge in [0.15, 0.2) is 0 Å². The van der Waals surface area contributed by atoms with Crippen molar-refractivity contribution >= 4 is 64.3 Å². The third kappa shape index (κ3) is 23.4. The number of aromatic nitrogens is 5. The van der Waals surface area contributed by atoms with Crippen molar-refractivity contribution in [2.24, 2.45) is 21.1 Å². The number of morpholine rings is 1. The zero-order valence-electron chi connectivity index (χ0n) is 80.1. The van der Waals surface area contributed by atoms with Gasteiger partial charge < -0.3 is 77.5 Å². The van der Waals surface area contributed by atoms with Crippen molar-refractivity contribution < 1.29 is 141 Å². The number of carbonyl (C=O) groups is 6. The second-order valence-electron chi connectivity index (χ2n) is 35.8. The van der Waals surface area contributed by atoms with Gasteiger partial charge in [-0.1, -0.05) is 35.9 Å². The number of fused-ring (bicyclic) bond motifs is 3. The fourth-order valence-electron chi connectivity index (χ4n) is 18.5. The summed E-state index contributed by atoms with van der Waals surface area (Å²) in [5, 5.41) is 7.45. The summed E-state index contributed by atoms with van der Waals surface area (Å²) in [4.78, 5) is 129. The summed E-state index contributed by atoms with van der Waals surface area (Å²) in [6.07, 6.45) is -17.2. The molecule has 0 saturated carbocycles. The molecule has 9 aromatic rings. The number of piperidine rings is 2. The Labute approximate surface area is 821 Å². The van der Waals surface area contributed by atoms with E-state index in [4.69, 9.17) is 44.8 Å². The van der Waals surface area contributed by atoms with E-state index in [0.29, 0.717) is 193 Å².